The molecule has 0 spiro atoms. The van der Waals surface area contributed by atoms with Gasteiger partial charge in [0.1, 0.15) is 10.6 Å². The third kappa shape index (κ3) is 2.72. The van der Waals surface area contributed by atoms with Gasteiger partial charge in [-0.1, -0.05) is 11.6 Å². The van der Waals surface area contributed by atoms with Crippen molar-refractivity contribution in [1.29, 1.82) is 0 Å². The maximum absolute atomic E-state index is 11.2. The van der Waals surface area contributed by atoms with Gasteiger partial charge in [0.2, 0.25) is 0 Å². The summed E-state index contributed by atoms with van der Waals surface area (Å²) in [5.74, 6) is 0. The first-order valence-corrected chi connectivity index (χ1v) is 6.55. The highest BCUT2D eigenvalue weighted by Crippen LogP contribution is 2.24. The highest BCUT2D eigenvalue weighted by Gasteiger charge is 2.23. The summed E-state index contributed by atoms with van der Waals surface area (Å²) in [7, 11) is 0. The van der Waals surface area contributed by atoms with Crippen molar-refractivity contribution in [2.75, 3.05) is 11.9 Å². The Morgan fingerprint density at radius 1 is 1.67 bits per heavy atom. The van der Waals surface area contributed by atoms with Gasteiger partial charge in [0.25, 0.3) is 5.56 Å². The van der Waals surface area contributed by atoms with E-state index in [-0.39, 0.29) is 11.6 Å². The van der Waals surface area contributed by atoms with Crippen molar-refractivity contribution in [2.24, 2.45) is 0 Å². The zero-order valence-corrected chi connectivity index (χ0v) is 11.2. The highest BCUT2D eigenvalue weighted by molar-refractivity contribution is 7.08. The Balaban J connectivity index is 2.12. The third-order valence-corrected chi connectivity index (χ3v) is 3.62. The molecule has 0 radical (unpaired) electrons. The molecule has 5 nitrogen and oxygen atoms in total. The standard InChI is InChI=1S/C11H12ClN3O2S/c1-11(17,7-2-3-18-5-7)6-13-8-4-14-15-10(16)9(8)12/h2-5,17H,6H2,1H3,(H2,13,15,16). The summed E-state index contributed by atoms with van der Waals surface area (Å²) in [6.07, 6.45) is 1.41. The molecule has 2 rings (SSSR count). The number of aromatic amines is 1. The minimum atomic E-state index is -1.04. The molecule has 7 heteroatoms. The minimum Gasteiger partial charge on any atom is -0.384 e. The Bertz CT molecular complexity index is 580. The van der Waals surface area contributed by atoms with Crippen LogP contribution in [-0.2, 0) is 5.60 Å². The van der Waals surface area contributed by atoms with Gasteiger partial charge in [-0.05, 0) is 29.3 Å². The first-order chi connectivity index (χ1) is 8.50. The number of aromatic nitrogens is 2. The van der Waals surface area contributed by atoms with Crippen molar-refractivity contribution >= 4 is 28.6 Å². The van der Waals surface area contributed by atoms with Crippen LogP contribution in [-0.4, -0.2) is 21.8 Å². The lowest BCUT2D eigenvalue weighted by Crippen LogP contribution is -2.30. The van der Waals surface area contributed by atoms with Crippen LogP contribution in [0.2, 0.25) is 5.02 Å². The number of hydrogen-bond acceptors (Lipinski definition) is 5. The maximum atomic E-state index is 11.2. The van der Waals surface area contributed by atoms with E-state index in [1.54, 1.807) is 6.92 Å². The van der Waals surface area contributed by atoms with Crippen LogP contribution in [0.5, 0.6) is 0 Å². The lowest BCUT2D eigenvalue weighted by molar-refractivity contribution is 0.0720. The van der Waals surface area contributed by atoms with Crippen molar-refractivity contribution in [1.82, 2.24) is 10.2 Å². The topological polar surface area (TPSA) is 78.0 Å². The maximum Gasteiger partial charge on any atom is 0.285 e. The molecule has 0 aromatic carbocycles. The number of thiophene rings is 1. The quantitative estimate of drug-likeness (QED) is 0.800. The Morgan fingerprint density at radius 3 is 3.11 bits per heavy atom. The lowest BCUT2D eigenvalue weighted by Gasteiger charge is -2.23. The number of halogens is 1. The fraction of sp³-hybridized carbons (Fsp3) is 0.273. The molecule has 0 bridgehead atoms. The Kier molecular flexibility index (Phi) is 3.70. The van der Waals surface area contributed by atoms with Crippen molar-refractivity contribution in [3.8, 4) is 0 Å². The molecule has 0 aliphatic carbocycles. The van der Waals surface area contributed by atoms with E-state index in [2.05, 4.69) is 15.5 Å². The molecule has 2 aromatic heterocycles. The number of rotatable bonds is 4. The third-order valence-electron chi connectivity index (χ3n) is 2.56. The monoisotopic (exact) mass is 285 g/mol. The molecule has 0 aliphatic rings. The molecule has 0 saturated heterocycles. The van der Waals surface area contributed by atoms with E-state index in [9.17, 15) is 9.90 Å². The summed E-state index contributed by atoms with van der Waals surface area (Å²) in [5, 5.41) is 22.9. The summed E-state index contributed by atoms with van der Waals surface area (Å²) >= 11 is 7.33. The second-order valence-electron chi connectivity index (χ2n) is 4.07. The molecule has 0 amide bonds. The summed E-state index contributed by atoms with van der Waals surface area (Å²) in [6, 6.07) is 1.85. The van der Waals surface area contributed by atoms with Crippen LogP contribution in [0.25, 0.3) is 0 Å². The largest absolute Gasteiger partial charge is 0.384 e. The van der Waals surface area contributed by atoms with Gasteiger partial charge in [0.05, 0.1) is 11.9 Å². The van der Waals surface area contributed by atoms with Gasteiger partial charge in [-0.25, -0.2) is 5.10 Å². The molecule has 0 aliphatic heterocycles. The average molecular weight is 286 g/mol. The smallest absolute Gasteiger partial charge is 0.285 e. The van der Waals surface area contributed by atoms with Crippen molar-refractivity contribution in [2.45, 2.75) is 12.5 Å². The second-order valence-corrected chi connectivity index (χ2v) is 5.22. The SMILES string of the molecule is CC(O)(CNc1cn[nH]c(=O)c1Cl)c1ccsc1. The lowest BCUT2D eigenvalue weighted by atomic mass is 9.99. The van der Waals surface area contributed by atoms with Crippen molar-refractivity contribution in [3.63, 3.8) is 0 Å². The summed E-state index contributed by atoms with van der Waals surface area (Å²) in [4.78, 5) is 11.2. The number of hydrogen-bond donors (Lipinski definition) is 3. The fourth-order valence-electron chi connectivity index (χ4n) is 1.45. The number of nitrogens with one attached hydrogen (secondary N) is 2. The van der Waals surface area contributed by atoms with Crippen LogP contribution in [0.4, 0.5) is 5.69 Å². The molecule has 2 heterocycles. The predicted molar refractivity (Wildman–Crippen MR) is 72.2 cm³/mol. The van der Waals surface area contributed by atoms with Crippen LogP contribution < -0.4 is 10.9 Å². The van der Waals surface area contributed by atoms with E-state index in [1.165, 1.54) is 17.5 Å². The number of aliphatic hydroxyl groups is 1. The molecule has 18 heavy (non-hydrogen) atoms. The fourth-order valence-corrected chi connectivity index (χ4v) is 2.39. The van der Waals surface area contributed by atoms with Gasteiger partial charge in [0, 0.05) is 6.54 Å². The van der Waals surface area contributed by atoms with E-state index in [4.69, 9.17) is 11.6 Å². The van der Waals surface area contributed by atoms with Crippen LogP contribution in [0.15, 0.2) is 27.8 Å². The Labute approximate surface area is 112 Å². The van der Waals surface area contributed by atoms with Crippen LogP contribution in [0.3, 0.4) is 0 Å². The van der Waals surface area contributed by atoms with Crippen molar-refractivity contribution < 1.29 is 5.11 Å². The van der Waals surface area contributed by atoms with Gasteiger partial charge in [-0.15, -0.1) is 0 Å². The molecule has 0 saturated carbocycles. The van der Waals surface area contributed by atoms with Crippen LogP contribution in [0.1, 0.15) is 12.5 Å². The first kappa shape index (κ1) is 13.1. The minimum absolute atomic E-state index is 0.0334. The van der Waals surface area contributed by atoms with Gasteiger partial charge in [-0.3, -0.25) is 4.79 Å². The van der Waals surface area contributed by atoms with E-state index in [0.29, 0.717) is 5.69 Å². The summed E-state index contributed by atoms with van der Waals surface area (Å²) in [6.45, 7) is 1.92. The van der Waals surface area contributed by atoms with E-state index in [0.717, 1.165) is 5.56 Å². The molecular formula is C11H12ClN3O2S. The molecule has 1 atom stereocenters. The highest BCUT2D eigenvalue weighted by atomic mass is 35.5. The first-order valence-electron chi connectivity index (χ1n) is 5.23. The van der Waals surface area contributed by atoms with Gasteiger partial charge >= 0.3 is 0 Å². The molecule has 3 N–H and O–H groups in total. The average Bonchev–Trinajstić information content (AvgIpc) is 2.85. The van der Waals surface area contributed by atoms with E-state index < -0.39 is 11.2 Å². The van der Waals surface area contributed by atoms with Gasteiger partial charge in [0.15, 0.2) is 0 Å². The summed E-state index contributed by atoms with van der Waals surface area (Å²) < 4.78 is 0. The normalized spacial score (nSPS) is 14.2. The zero-order valence-electron chi connectivity index (χ0n) is 9.61. The predicted octanol–water partition coefficient (Wildman–Crippen LogP) is 1.80. The molecule has 2 aromatic rings. The molecule has 0 fully saturated rings. The molecule has 96 valence electrons. The van der Waals surface area contributed by atoms with Crippen LogP contribution in [0, 0.1) is 0 Å². The van der Waals surface area contributed by atoms with E-state index >= 15 is 0 Å². The van der Waals surface area contributed by atoms with Crippen LogP contribution >= 0.6 is 22.9 Å². The van der Waals surface area contributed by atoms with Crippen molar-refractivity contribution in [3.05, 3.63) is 44.0 Å². The van der Waals surface area contributed by atoms with E-state index in [1.807, 2.05) is 16.8 Å². The van der Waals surface area contributed by atoms with Gasteiger partial charge < -0.3 is 10.4 Å². The Hall–Kier alpha value is -1.37. The number of anilines is 1. The number of H-pyrrole nitrogens is 1. The summed E-state index contributed by atoms with van der Waals surface area (Å²) in [5.41, 5.74) is -0.284. The van der Waals surface area contributed by atoms with Gasteiger partial charge in [-0.2, -0.15) is 16.4 Å². The second kappa shape index (κ2) is 5.09. The molecule has 1 unspecified atom stereocenters. The zero-order chi connectivity index (χ0) is 13.2. The Morgan fingerprint density at radius 2 is 2.44 bits per heavy atom. The molecular weight excluding hydrogens is 274 g/mol. The number of nitrogens with zero attached hydrogens (tertiary/aromatic N) is 1.